The number of aryl methyl sites for hydroxylation is 1. The minimum atomic E-state index is 0.177. The van der Waals surface area contributed by atoms with Crippen LogP contribution in [0.2, 0.25) is 0 Å². The molecule has 3 heterocycles. The van der Waals surface area contributed by atoms with Gasteiger partial charge < -0.3 is 4.74 Å². The number of thioether (sulfide) groups is 1. The quantitative estimate of drug-likeness (QED) is 0.771. The zero-order valence-corrected chi connectivity index (χ0v) is 15.4. The van der Waals surface area contributed by atoms with Crippen LogP contribution < -0.4 is 4.74 Å². The van der Waals surface area contributed by atoms with Gasteiger partial charge in [-0.2, -0.15) is 14.9 Å². The average molecular weight is 366 g/mol. The molecule has 1 unspecified atom stereocenters. The fourth-order valence-electron chi connectivity index (χ4n) is 3.56. The maximum Gasteiger partial charge on any atom is 0.213 e. The standard InChI is InChI=1S/C18H18N6OS/c1-10-15(11-5-3-6-12(9-11)25-2)23-24-17(21-22-18(24)26-10)16-13-7-4-8-14(13)19-20-16/h3,5-6,9-10H,4,7-8H2,1-2H3,(H,19,20). The van der Waals surface area contributed by atoms with Crippen LogP contribution >= 0.6 is 11.8 Å². The summed E-state index contributed by atoms with van der Waals surface area (Å²) in [5.74, 6) is 1.53. The Morgan fingerprint density at radius 2 is 2.19 bits per heavy atom. The summed E-state index contributed by atoms with van der Waals surface area (Å²) in [6, 6.07) is 7.99. The second kappa shape index (κ2) is 5.98. The molecule has 2 aliphatic rings. The predicted molar refractivity (Wildman–Crippen MR) is 99.9 cm³/mol. The summed E-state index contributed by atoms with van der Waals surface area (Å²) in [6.45, 7) is 2.13. The number of aromatic amines is 1. The fourth-order valence-corrected chi connectivity index (χ4v) is 4.48. The molecule has 0 bridgehead atoms. The monoisotopic (exact) mass is 366 g/mol. The van der Waals surface area contributed by atoms with Gasteiger partial charge in [0.2, 0.25) is 11.0 Å². The Hall–Kier alpha value is -2.61. The van der Waals surface area contributed by atoms with E-state index in [4.69, 9.17) is 9.84 Å². The molecular formula is C18H18N6OS. The highest BCUT2D eigenvalue weighted by atomic mass is 32.2. The summed E-state index contributed by atoms with van der Waals surface area (Å²) >= 11 is 1.66. The molecule has 1 N–H and O–H groups in total. The Balaban J connectivity index is 1.62. The topological polar surface area (TPSA) is 81.0 Å². The van der Waals surface area contributed by atoms with Gasteiger partial charge in [-0.1, -0.05) is 23.9 Å². The van der Waals surface area contributed by atoms with Crippen molar-refractivity contribution in [1.29, 1.82) is 0 Å². The van der Waals surface area contributed by atoms with Crippen LogP contribution in [0.4, 0.5) is 0 Å². The van der Waals surface area contributed by atoms with Crippen molar-refractivity contribution in [2.45, 2.75) is 36.6 Å². The van der Waals surface area contributed by atoms with Gasteiger partial charge in [0.15, 0.2) is 0 Å². The van der Waals surface area contributed by atoms with Crippen molar-refractivity contribution in [3.63, 3.8) is 0 Å². The molecule has 7 nitrogen and oxygen atoms in total. The average Bonchev–Trinajstić information content (AvgIpc) is 3.36. The van der Waals surface area contributed by atoms with E-state index < -0.39 is 0 Å². The van der Waals surface area contributed by atoms with Gasteiger partial charge >= 0.3 is 0 Å². The van der Waals surface area contributed by atoms with E-state index in [2.05, 4.69) is 33.4 Å². The van der Waals surface area contributed by atoms with Gasteiger partial charge in [0.1, 0.15) is 11.4 Å². The maximum absolute atomic E-state index is 5.36. The first-order valence-corrected chi connectivity index (χ1v) is 9.54. The van der Waals surface area contributed by atoms with Crippen molar-refractivity contribution in [3.05, 3.63) is 41.1 Å². The van der Waals surface area contributed by atoms with E-state index in [0.29, 0.717) is 5.82 Å². The number of benzene rings is 1. The summed E-state index contributed by atoms with van der Waals surface area (Å²) in [7, 11) is 1.67. The molecule has 26 heavy (non-hydrogen) atoms. The Morgan fingerprint density at radius 1 is 1.27 bits per heavy atom. The summed E-state index contributed by atoms with van der Waals surface area (Å²) in [6.07, 6.45) is 3.23. The van der Waals surface area contributed by atoms with E-state index in [1.54, 1.807) is 18.9 Å². The molecule has 0 fully saturated rings. The predicted octanol–water partition coefficient (Wildman–Crippen LogP) is 2.91. The van der Waals surface area contributed by atoms with Crippen LogP contribution in [0.3, 0.4) is 0 Å². The lowest BCUT2D eigenvalue weighted by Crippen LogP contribution is -2.21. The van der Waals surface area contributed by atoms with Gasteiger partial charge in [-0.15, -0.1) is 10.2 Å². The number of aromatic nitrogens is 5. The van der Waals surface area contributed by atoms with Crippen molar-refractivity contribution >= 4 is 17.5 Å². The smallest absolute Gasteiger partial charge is 0.213 e. The van der Waals surface area contributed by atoms with Crippen LogP contribution in [0, 0.1) is 0 Å². The highest BCUT2D eigenvalue weighted by Crippen LogP contribution is 2.35. The van der Waals surface area contributed by atoms with Gasteiger partial charge in [0, 0.05) is 16.8 Å². The number of hydrogen-bond donors (Lipinski definition) is 1. The first-order valence-electron chi connectivity index (χ1n) is 8.66. The number of H-pyrrole nitrogens is 1. The summed E-state index contributed by atoms with van der Waals surface area (Å²) in [5.41, 5.74) is 5.37. The molecule has 5 rings (SSSR count). The number of methoxy groups -OCH3 is 1. The zero-order valence-electron chi connectivity index (χ0n) is 14.6. The van der Waals surface area contributed by atoms with Crippen LogP contribution in [0.5, 0.6) is 5.75 Å². The molecule has 0 radical (unpaired) electrons. The van der Waals surface area contributed by atoms with E-state index in [-0.39, 0.29) is 5.25 Å². The van der Waals surface area contributed by atoms with E-state index in [0.717, 1.165) is 47.1 Å². The van der Waals surface area contributed by atoms with E-state index in [9.17, 15) is 0 Å². The van der Waals surface area contributed by atoms with Crippen molar-refractivity contribution in [1.82, 2.24) is 25.1 Å². The molecule has 1 atom stereocenters. The first kappa shape index (κ1) is 15.6. The normalized spacial score (nSPS) is 18.4. The Morgan fingerprint density at radius 3 is 3.08 bits per heavy atom. The molecule has 0 spiro atoms. The largest absolute Gasteiger partial charge is 0.497 e. The Labute approximate surface area is 154 Å². The molecule has 132 valence electrons. The van der Waals surface area contributed by atoms with Crippen LogP contribution in [-0.2, 0) is 12.8 Å². The van der Waals surface area contributed by atoms with Crippen molar-refractivity contribution < 1.29 is 4.74 Å². The molecule has 8 heteroatoms. The van der Waals surface area contributed by atoms with Gasteiger partial charge in [-0.25, -0.2) is 0 Å². The number of ether oxygens (including phenoxy) is 1. The highest BCUT2D eigenvalue weighted by Gasteiger charge is 2.29. The molecule has 0 saturated carbocycles. The molecule has 0 saturated heterocycles. The van der Waals surface area contributed by atoms with Gasteiger partial charge in [-0.05, 0) is 38.3 Å². The third-order valence-electron chi connectivity index (χ3n) is 4.87. The molecule has 1 aliphatic heterocycles. The van der Waals surface area contributed by atoms with Crippen molar-refractivity contribution in [3.8, 4) is 17.3 Å². The Bertz CT molecular complexity index is 1020. The minimum absolute atomic E-state index is 0.177. The fraction of sp³-hybridized carbons (Fsp3) is 0.333. The van der Waals surface area contributed by atoms with Crippen LogP contribution in [0.25, 0.3) is 11.5 Å². The highest BCUT2D eigenvalue weighted by molar-refractivity contribution is 8.00. The summed E-state index contributed by atoms with van der Waals surface area (Å²) in [4.78, 5) is 0. The van der Waals surface area contributed by atoms with E-state index >= 15 is 0 Å². The van der Waals surface area contributed by atoms with Gasteiger partial charge in [0.25, 0.3) is 0 Å². The molecule has 1 aromatic carbocycles. The maximum atomic E-state index is 5.36. The third-order valence-corrected chi connectivity index (χ3v) is 5.91. The second-order valence-electron chi connectivity index (χ2n) is 6.48. The SMILES string of the molecule is COc1cccc(C2=Nn3c(nnc3-c3n[nH]c4c3CCC4)SC2C)c1. The van der Waals surface area contributed by atoms with E-state index in [1.165, 1.54) is 11.3 Å². The lowest BCUT2D eigenvalue weighted by atomic mass is 10.1. The molecule has 3 aromatic rings. The van der Waals surface area contributed by atoms with Gasteiger partial charge in [-0.3, -0.25) is 5.10 Å². The number of hydrogen-bond acceptors (Lipinski definition) is 6. The second-order valence-corrected chi connectivity index (χ2v) is 7.79. The number of fused-ring (bicyclic) bond motifs is 2. The van der Waals surface area contributed by atoms with E-state index in [1.807, 2.05) is 22.9 Å². The molecule has 2 aromatic heterocycles. The van der Waals surface area contributed by atoms with Crippen LogP contribution in [0.15, 0.2) is 34.5 Å². The Kier molecular flexibility index (Phi) is 3.59. The number of rotatable bonds is 3. The van der Waals surface area contributed by atoms with Gasteiger partial charge in [0.05, 0.1) is 18.1 Å². The molecule has 0 amide bonds. The molecular weight excluding hydrogens is 348 g/mol. The third kappa shape index (κ3) is 2.36. The first-order chi connectivity index (χ1) is 12.7. The molecule has 1 aliphatic carbocycles. The number of nitrogens with one attached hydrogen (secondary N) is 1. The summed E-state index contributed by atoms with van der Waals surface area (Å²) in [5, 5.41) is 22.2. The lowest BCUT2D eigenvalue weighted by Gasteiger charge is -2.20. The summed E-state index contributed by atoms with van der Waals surface area (Å²) < 4.78 is 7.19. The van der Waals surface area contributed by atoms with Crippen molar-refractivity contribution in [2.75, 3.05) is 7.11 Å². The van der Waals surface area contributed by atoms with Crippen LogP contribution in [0.1, 0.15) is 30.2 Å². The lowest BCUT2D eigenvalue weighted by molar-refractivity contribution is 0.414. The van der Waals surface area contributed by atoms with Crippen molar-refractivity contribution in [2.24, 2.45) is 5.10 Å². The number of nitrogens with zero attached hydrogens (tertiary/aromatic N) is 5. The van der Waals surface area contributed by atoms with Crippen LogP contribution in [-0.4, -0.2) is 43.1 Å². The zero-order chi connectivity index (χ0) is 17.7. The minimum Gasteiger partial charge on any atom is -0.497 e.